The number of anilines is 1. The van der Waals surface area contributed by atoms with Crippen LogP contribution in [0, 0.1) is 23.3 Å². The number of carbonyl (C=O) groups is 1. The third-order valence-electron chi connectivity index (χ3n) is 3.71. The summed E-state index contributed by atoms with van der Waals surface area (Å²) in [5.74, 6) is -7.35. The fourth-order valence-corrected chi connectivity index (χ4v) is 2.49. The number of ether oxygens (including phenoxy) is 1. The highest BCUT2D eigenvalue weighted by Gasteiger charge is 2.21. The predicted octanol–water partition coefficient (Wildman–Crippen LogP) is 2.70. The molecule has 0 spiro atoms. The lowest BCUT2D eigenvalue weighted by atomic mass is 10.1. The second kappa shape index (κ2) is 6.71. The number of fused-ring (bicyclic) bond motifs is 1. The number of hydrogen-bond acceptors (Lipinski definition) is 5. The number of pyridine rings is 2. The van der Waals surface area contributed by atoms with E-state index in [1.807, 2.05) is 0 Å². The molecule has 140 valence electrons. The van der Waals surface area contributed by atoms with Gasteiger partial charge in [0.05, 0.1) is 17.5 Å². The van der Waals surface area contributed by atoms with Crippen LogP contribution in [0.25, 0.3) is 16.7 Å². The van der Waals surface area contributed by atoms with Crippen molar-refractivity contribution in [3.63, 3.8) is 0 Å². The number of nitrogens with two attached hydrogens (primary N) is 1. The summed E-state index contributed by atoms with van der Waals surface area (Å²) in [5, 5.41) is -0.427. The molecule has 10 heteroatoms. The van der Waals surface area contributed by atoms with Gasteiger partial charge in [-0.05, 0) is 13.0 Å². The van der Waals surface area contributed by atoms with Gasteiger partial charge in [0.2, 0.25) is 5.43 Å². The number of rotatable bonds is 3. The van der Waals surface area contributed by atoms with Crippen molar-refractivity contribution >= 4 is 22.7 Å². The smallest absolute Gasteiger partial charge is 0.343 e. The monoisotopic (exact) mass is 381 g/mol. The molecule has 0 bridgehead atoms. The van der Waals surface area contributed by atoms with Crippen LogP contribution >= 0.6 is 0 Å². The lowest BCUT2D eigenvalue weighted by Crippen LogP contribution is -2.21. The molecule has 0 amide bonds. The van der Waals surface area contributed by atoms with Crippen molar-refractivity contribution < 1.29 is 27.1 Å². The molecule has 2 aromatic heterocycles. The van der Waals surface area contributed by atoms with Gasteiger partial charge in [-0.1, -0.05) is 0 Å². The van der Waals surface area contributed by atoms with Gasteiger partial charge in [-0.2, -0.15) is 0 Å². The second-order valence-electron chi connectivity index (χ2n) is 5.41. The number of carbonyl (C=O) groups excluding carboxylic acids is 1. The summed E-state index contributed by atoms with van der Waals surface area (Å²) in [6, 6.07) is 1.63. The highest BCUT2D eigenvalue weighted by molar-refractivity contribution is 5.94. The second-order valence-corrected chi connectivity index (χ2v) is 5.41. The van der Waals surface area contributed by atoms with Gasteiger partial charge < -0.3 is 10.5 Å². The number of esters is 1. The topological polar surface area (TPSA) is 87.2 Å². The van der Waals surface area contributed by atoms with Crippen molar-refractivity contribution in [1.82, 2.24) is 9.55 Å². The van der Waals surface area contributed by atoms with E-state index < -0.39 is 57.3 Å². The van der Waals surface area contributed by atoms with Gasteiger partial charge in [0, 0.05) is 18.3 Å². The van der Waals surface area contributed by atoms with Gasteiger partial charge >= 0.3 is 5.97 Å². The van der Waals surface area contributed by atoms with Crippen molar-refractivity contribution in [2.75, 3.05) is 12.3 Å². The van der Waals surface area contributed by atoms with E-state index in [1.165, 1.54) is 6.92 Å². The molecule has 0 aliphatic carbocycles. The van der Waals surface area contributed by atoms with Crippen LogP contribution < -0.4 is 11.2 Å². The molecule has 0 radical (unpaired) electrons. The van der Waals surface area contributed by atoms with Gasteiger partial charge in [0.1, 0.15) is 5.56 Å². The van der Waals surface area contributed by atoms with Gasteiger partial charge in [0.15, 0.2) is 34.9 Å². The number of benzene rings is 1. The number of halogens is 4. The molecule has 1 aromatic carbocycles. The van der Waals surface area contributed by atoms with E-state index >= 15 is 0 Å². The van der Waals surface area contributed by atoms with Crippen LogP contribution in [0.2, 0.25) is 0 Å². The lowest BCUT2D eigenvalue weighted by molar-refractivity contribution is 0.0524. The van der Waals surface area contributed by atoms with Crippen LogP contribution in [0.15, 0.2) is 29.2 Å². The zero-order valence-electron chi connectivity index (χ0n) is 13.7. The van der Waals surface area contributed by atoms with E-state index in [0.717, 1.165) is 10.8 Å². The van der Waals surface area contributed by atoms with Crippen LogP contribution in [0.4, 0.5) is 23.4 Å². The van der Waals surface area contributed by atoms with E-state index in [1.54, 1.807) is 0 Å². The summed E-state index contributed by atoms with van der Waals surface area (Å²) < 4.78 is 60.6. The standard InChI is InChI=1S/C17H11F4N3O3/c1-2-27-17(26)8-6-24(16-12(21)4-11(20)15(22)23-16)13-5-10(19)9(18)3-7(13)14(8)25/h3-6H,2H2,1H3,(H2,22,23). The molecule has 0 unspecified atom stereocenters. The molecule has 0 saturated heterocycles. The van der Waals surface area contributed by atoms with E-state index in [9.17, 15) is 27.2 Å². The highest BCUT2D eigenvalue weighted by Crippen LogP contribution is 2.23. The van der Waals surface area contributed by atoms with Gasteiger partial charge in [-0.3, -0.25) is 9.36 Å². The molecular weight excluding hydrogens is 370 g/mol. The Hall–Kier alpha value is -3.43. The normalized spacial score (nSPS) is 11.0. The van der Waals surface area contributed by atoms with Crippen molar-refractivity contribution in [2.45, 2.75) is 6.92 Å². The first kappa shape index (κ1) is 18.4. The number of nitrogen functional groups attached to an aromatic ring is 1. The summed E-state index contributed by atoms with van der Waals surface area (Å²) in [7, 11) is 0. The molecule has 0 atom stereocenters. The molecule has 6 nitrogen and oxygen atoms in total. The minimum atomic E-state index is -1.35. The Bertz CT molecular complexity index is 1140. The third kappa shape index (κ3) is 3.09. The molecule has 0 aliphatic heterocycles. The molecular formula is C17H11F4N3O3. The summed E-state index contributed by atoms with van der Waals surface area (Å²) >= 11 is 0. The quantitative estimate of drug-likeness (QED) is 0.557. The van der Waals surface area contributed by atoms with E-state index in [-0.39, 0.29) is 12.1 Å². The Labute approximate surface area is 148 Å². The van der Waals surface area contributed by atoms with Crippen LogP contribution in [-0.2, 0) is 4.74 Å². The van der Waals surface area contributed by atoms with Crippen LogP contribution in [0.1, 0.15) is 17.3 Å². The van der Waals surface area contributed by atoms with Crippen LogP contribution in [0.3, 0.4) is 0 Å². The Morgan fingerprint density at radius 2 is 1.78 bits per heavy atom. The number of hydrogen-bond donors (Lipinski definition) is 1. The maximum Gasteiger partial charge on any atom is 0.343 e. The lowest BCUT2D eigenvalue weighted by Gasteiger charge is -2.14. The Morgan fingerprint density at radius 1 is 1.11 bits per heavy atom. The van der Waals surface area contributed by atoms with Crippen molar-refractivity contribution in [2.24, 2.45) is 0 Å². The molecule has 2 N–H and O–H groups in total. The van der Waals surface area contributed by atoms with E-state index in [2.05, 4.69) is 4.98 Å². The van der Waals surface area contributed by atoms with Crippen LogP contribution in [-0.4, -0.2) is 22.1 Å². The zero-order chi connectivity index (χ0) is 19.9. The van der Waals surface area contributed by atoms with E-state index in [4.69, 9.17) is 10.5 Å². The fraction of sp³-hybridized carbons (Fsp3) is 0.118. The maximum absolute atomic E-state index is 14.3. The van der Waals surface area contributed by atoms with Crippen molar-refractivity contribution in [3.8, 4) is 5.82 Å². The first-order chi connectivity index (χ1) is 12.7. The molecule has 2 heterocycles. The van der Waals surface area contributed by atoms with Gasteiger partial charge in [-0.15, -0.1) is 0 Å². The van der Waals surface area contributed by atoms with Gasteiger partial charge in [0.25, 0.3) is 0 Å². The maximum atomic E-state index is 14.3. The van der Waals surface area contributed by atoms with Gasteiger partial charge in [-0.25, -0.2) is 27.3 Å². The molecule has 0 saturated carbocycles. The first-order valence-electron chi connectivity index (χ1n) is 7.58. The van der Waals surface area contributed by atoms with Crippen LogP contribution in [0.5, 0.6) is 0 Å². The molecule has 0 aliphatic rings. The van der Waals surface area contributed by atoms with Crippen molar-refractivity contribution in [3.05, 3.63) is 63.5 Å². The summed E-state index contributed by atoms with van der Waals surface area (Å²) in [5.41, 5.74) is 3.53. The summed E-state index contributed by atoms with van der Waals surface area (Å²) in [4.78, 5) is 28.1. The highest BCUT2D eigenvalue weighted by atomic mass is 19.2. The minimum Gasteiger partial charge on any atom is -0.462 e. The SMILES string of the molecule is CCOC(=O)c1cn(-c2nc(N)c(F)cc2F)c2cc(F)c(F)cc2c1=O. The average molecular weight is 381 g/mol. The predicted molar refractivity (Wildman–Crippen MR) is 87.5 cm³/mol. The molecule has 3 rings (SSSR count). The summed E-state index contributed by atoms with van der Waals surface area (Å²) in [6.07, 6.45) is 0.850. The van der Waals surface area contributed by atoms with Crippen molar-refractivity contribution in [1.29, 1.82) is 0 Å². The minimum absolute atomic E-state index is 0.0653. The molecule has 0 fully saturated rings. The summed E-state index contributed by atoms with van der Waals surface area (Å²) in [6.45, 7) is 1.43. The third-order valence-corrected chi connectivity index (χ3v) is 3.71. The van der Waals surface area contributed by atoms with E-state index in [0.29, 0.717) is 18.2 Å². The Kier molecular flexibility index (Phi) is 4.56. The Balaban J connectivity index is 2.46. The Morgan fingerprint density at radius 3 is 2.44 bits per heavy atom. The average Bonchev–Trinajstić information content (AvgIpc) is 2.61. The zero-order valence-corrected chi connectivity index (χ0v) is 13.7. The largest absolute Gasteiger partial charge is 0.462 e. The molecule has 3 aromatic rings. The number of aromatic nitrogens is 2. The molecule has 27 heavy (non-hydrogen) atoms. The fourth-order valence-electron chi connectivity index (χ4n) is 2.49. The number of nitrogens with zero attached hydrogens (tertiary/aromatic N) is 2. The first-order valence-corrected chi connectivity index (χ1v) is 7.58.